The van der Waals surface area contributed by atoms with E-state index in [2.05, 4.69) is 43.1 Å². The summed E-state index contributed by atoms with van der Waals surface area (Å²) in [4.78, 5) is 0. The van der Waals surface area contributed by atoms with Crippen molar-refractivity contribution in [2.45, 2.75) is 38.1 Å². The molecule has 1 aliphatic carbocycles. The molecular formula is C16H23NO. The highest BCUT2D eigenvalue weighted by Gasteiger charge is 2.23. The molecule has 0 saturated heterocycles. The van der Waals surface area contributed by atoms with Crippen molar-refractivity contribution < 1.29 is 4.74 Å². The molecule has 2 unspecified atom stereocenters. The monoisotopic (exact) mass is 245 g/mol. The minimum Gasteiger partial charge on any atom is -0.502 e. The number of rotatable bonds is 6. The predicted molar refractivity (Wildman–Crippen MR) is 75.6 cm³/mol. The average Bonchev–Trinajstić information content (AvgIpc) is 2.41. The van der Waals surface area contributed by atoms with E-state index in [1.54, 1.807) is 0 Å². The maximum atomic E-state index is 5.13. The van der Waals surface area contributed by atoms with E-state index in [1.165, 1.54) is 30.2 Å². The fourth-order valence-electron chi connectivity index (χ4n) is 2.73. The van der Waals surface area contributed by atoms with Crippen LogP contribution in [0.1, 0.15) is 49.3 Å². The molecule has 0 amide bonds. The number of ether oxygens (including phenoxy) is 1. The van der Waals surface area contributed by atoms with E-state index in [9.17, 15) is 0 Å². The third-order valence-electron chi connectivity index (χ3n) is 3.74. The standard InChI is InChI=1S/C16H23NO/c1-3-18-12-6-11-17-16-10-9-13(2)14-7-4-5-8-15(14)16/h3-5,7-8,13,16-17H,1,6,9-12H2,2H3. The maximum absolute atomic E-state index is 5.13. The van der Waals surface area contributed by atoms with Gasteiger partial charge in [0.2, 0.25) is 0 Å². The van der Waals surface area contributed by atoms with Crippen LogP contribution in [0.2, 0.25) is 0 Å². The third-order valence-corrected chi connectivity index (χ3v) is 3.74. The normalized spacial score (nSPS) is 22.3. The number of hydrogen-bond donors (Lipinski definition) is 1. The average molecular weight is 245 g/mol. The van der Waals surface area contributed by atoms with E-state index in [1.807, 2.05) is 0 Å². The van der Waals surface area contributed by atoms with Gasteiger partial charge in [0, 0.05) is 6.04 Å². The van der Waals surface area contributed by atoms with Crippen molar-refractivity contribution in [1.29, 1.82) is 0 Å². The Hall–Kier alpha value is -1.28. The first kappa shape index (κ1) is 13.2. The largest absolute Gasteiger partial charge is 0.502 e. The van der Waals surface area contributed by atoms with Crippen molar-refractivity contribution in [1.82, 2.24) is 5.32 Å². The second kappa shape index (κ2) is 6.60. The molecule has 1 N–H and O–H groups in total. The molecule has 0 spiro atoms. The zero-order chi connectivity index (χ0) is 12.8. The van der Waals surface area contributed by atoms with Gasteiger partial charge >= 0.3 is 0 Å². The first-order valence-electron chi connectivity index (χ1n) is 6.87. The first-order chi connectivity index (χ1) is 8.83. The first-order valence-corrected chi connectivity index (χ1v) is 6.87. The molecule has 2 rings (SSSR count). The molecule has 0 aromatic heterocycles. The van der Waals surface area contributed by atoms with Gasteiger partial charge in [0.25, 0.3) is 0 Å². The number of hydrogen-bond acceptors (Lipinski definition) is 2. The Bertz CT molecular complexity index is 388. The highest BCUT2D eigenvalue weighted by atomic mass is 16.5. The van der Waals surface area contributed by atoms with Gasteiger partial charge in [-0.1, -0.05) is 37.8 Å². The smallest absolute Gasteiger partial charge is 0.0885 e. The Morgan fingerprint density at radius 3 is 2.89 bits per heavy atom. The molecule has 0 fully saturated rings. The molecule has 1 aromatic rings. The lowest BCUT2D eigenvalue weighted by Gasteiger charge is -2.30. The zero-order valence-corrected chi connectivity index (χ0v) is 11.2. The van der Waals surface area contributed by atoms with Crippen molar-refractivity contribution in [3.63, 3.8) is 0 Å². The summed E-state index contributed by atoms with van der Waals surface area (Å²) in [5.74, 6) is 0.698. The molecule has 1 aliphatic rings. The van der Waals surface area contributed by atoms with E-state index < -0.39 is 0 Å². The number of fused-ring (bicyclic) bond motifs is 1. The van der Waals surface area contributed by atoms with Crippen molar-refractivity contribution in [3.05, 3.63) is 48.2 Å². The fourth-order valence-corrected chi connectivity index (χ4v) is 2.73. The maximum Gasteiger partial charge on any atom is 0.0885 e. The summed E-state index contributed by atoms with van der Waals surface area (Å²) in [6, 6.07) is 9.35. The lowest BCUT2D eigenvalue weighted by atomic mass is 9.81. The summed E-state index contributed by atoms with van der Waals surface area (Å²) >= 11 is 0. The molecule has 2 nitrogen and oxygen atoms in total. The Balaban J connectivity index is 1.90. The SMILES string of the molecule is C=COCCCNC1CCC(C)c2ccccc21. The molecule has 0 bridgehead atoms. The molecule has 0 aliphatic heterocycles. The van der Waals surface area contributed by atoms with Gasteiger partial charge in [-0.15, -0.1) is 0 Å². The summed E-state index contributed by atoms with van der Waals surface area (Å²) in [5, 5.41) is 3.64. The predicted octanol–water partition coefficient (Wildman–Crippen LogP) is 3.76. The molecule has 98 valence electrons. The third kappa shape index (κ3) is 3.14. The summed E-state index contributed by atoms with van der Waals surface area (Å²) in [6.45, 7) is 7.62. The zero-order valence-electron chi connectivity index (χ0n) is 11.2. The highest BCUT2D eigenvalue weighted by Crippen LogP contribution is 2.36. The van der Waals surface area contributed by atoms with Crippen molar-refractivity contribution >= 4 is 0 Å². The van der Waals surface area contributed by atoms with Gasteiger partial charge in [0.05, 0.1) is 12.9 Å². The lowest BCUT2D eigenvalue weighted by molar-refractivity contribution is 0.241. The van der Waals surface area contributed by atoms with Crippen LogP contribution in [-0.4, -0.2) is 13.2 Å². The van der Waals surface area contributed by atoms with Crippen LogP contribution in [0.5, 0.6) is 0 Å². The summed E-state index contributed by atoms with van der Waals surface area (Å²) in [6.07, 6.45) is 5.05. The Kier molecular flexibility index (Phi) is 4.82. The molecule has 0 saturated carbocycles. The molecule has 2 heteroatoms. The Morgan fingerprint density at radius 1 is 1.33 bits per heavy atom. The van der Waals surface area contributed by atoms with Crippen molar-refractivity contribution in [2.24, 2.45) is 0 Å². The van der Waals surface area contributed by atoms with Crippen LogP contribution in [0.25, 0.3) is 0 Å². The fraction of sp³-hybridized carbons (Fsp3) is 0.500. The lowest BCUT2D eigenvalue weighted by Crippen LogP contribution is -2.27. The van der Waals surface area contributed by atoms with Gasteiger partial charge in [-0.3, -0.25) is 0 Å². The van der Waals surface area contributed by atoms with Crippen LogP contribution < -0.4 is 5.32 Å². The van der Waals surface area contributed by atoms with E-state index in [0.717, 1.165) is 19.6 Å². The van der Waals surface area contributed by atoms with Crippen LogP contribution >= 0.6 is 0 Å². The van der Waals surface area contributed by atoms with E-state index in [-0.39, 0.29) is 0 Å². The molecule has 2 atom stereocenters. The van der Waals surface area contributed by atoms with Gasteiger partial charge in [0.15, 0.2) is 0 Å². The van der Waals surface area contributed by atoms with Gasteiger partial charge in [0.1, 0.15) is 0 Å². The summed E-state index contributed by atoms with van der Waals surface area (Å²) < 4.78 is 5.13. The molecule has 1 aromatic carbocycles. The van der Waals surface area contributed by atoms with Crippen LogP contribution in [0, 0.1) is 0 Å². The van der Waals surface area contributed by atoms with Crippen molar-refractivity contribution in [2.75, 3.05) is 13.2 Å². The van der Waals surface area contributed by atoms with Crippen LogP contribution in [-0.2, 0) is 4.74 Å². The minimum absolute atomic E-state index is 0.515. The van der Waals surface area contributed by atoms with Crippen LogP contribution in [0.15, 0.2) is 37.1 Å². The van der Waals surface area contributed by atoms with E-state index in [4.69, 9.17) is 4.74 Å². The summed E-state index contributed by atoms with van der Waals surface area (Å²) in [7, 11) is 0. The quantitative estimate of drug-likeness (QED) is 0.608. The second-order valence-electron chi connectivity index (χ2n) is 5.01. The molecule has 0 radical (unpaired) electrons. The van der Waals surface area contributed by atoms with Gasteiger partial charge in [-0.2, -0.15) is 0 Å². The van der Waals surface area contributed by atoms with Crippen LogP contribution in [0.3, 0.4) is 0 Å². The Labute approximate surface area is 110 Å². The molecule has 0 heterocycles. The molecule has 18 heavy (non-hydrogen) atoms. The van der Waals surface area contributed by atoms with Gasteiger partial charge < -0.3 is 10.1 Å². The Morgan fingerprint density at radius 2 is 2.11 bits per heavy atom. The van der Waals surface area contributed by atoms with Gasteiger partial charge in [-0.05, 0) is 42.9 Å². The van der Waals surface area contributed by atoms with Crippen LogP contribution in [0.4, 0.5) is 0 Å². The highest BCUT2D eigenvalue weighted by molar-refractivity contribution is 5.34. The molecular weight excluding hydrogens is 222 g/mol. The van der Waals surface area contributed by atoms with Gasteiger partial charge in [-0.25, -0.2) is 0 Å². The number of nitrogens with one attached hydrogen (secondary N) is 1. The topological polar surface area (TPSA) is 21.3 Å². The minimum atomic E-state index is 0.515. The number of benzene rings is 1. The summed E-state index contributed by atoms with van der Waals surface area (Å²) in [5.41, 5.74) is 3.00. The van der Waals surface area contributed by atoms with E-state index >= 15 is 0 Å². The van der Waals surface area contributed by atoms with E-state index in [0.29, 0.717) is 12.0 Å². The second-order valence-corrected chi connectivity index (χ2v) is 5.01. The van der Waals surface area contributed by atoms with Crippen molar-refractivity contribution in [3.8, 4) is 0 Å².